The second-order valence-corrected chi connectivity index (χ2v) is 9.55. The molecule has 2 aliphatic rings. The number of anilines is 1. The van der Waals surface area contributed by atoms with Gasteiger partial charge in [0.15, 0.2) is 6.61 Å². The largest absolute Gasteiger partial charge is 0.483 e. The minimum atomic E-state index is -0.267. The smallest absolute Gasteiger partial charge is 0.262 e. The molecule has 2 aromatic rings. The molecule has 1 N–H and O–H groups in total. The van der Waals surface area contributed by atoms with Crippen LogP contribution in [0.25, 0.3) is 0 Å². The van der Waals surface area contributed by atoms with E-state index >= 15 is 0 Å². The van der Waals surface area contributed by atoms with Crippen LogP contribution < -0.4 is 10.1 Å². The third-order valence-electron chi connectivity index (χ3n) is 5.38. The number of aryl methyl sites for hydroxylation is 2. The predicted molar refractivity (Wildman–Crippen MR) is 121 cm³/mol. The van der Waals surface area contributed by atoms with Crippen molar-refractivity contribution in [2.75, 3.05) is 38.2 Å². The molecule has 30 heavy (non-hydrogen) atoms. The first-order valence-corrected chi connectivity index (χ1v) is 11.8. The zero-order chi connectivity index (χ0) is 21.1. The van der Waals surface area contributed by atoms with Crippen molar-refractivity contribution in [3.8, 4) is 5.75 Å². The van der Waals surface area contributed by atoms with Crippen molar-refractivity contribution >= 4 is 44.1 Å². The van der Waals surface area contributed by atoms with Crippen LogP contribution in [0.3, 0.4) is 0 Å². The summed E-state index contributed by atoms with van der Waals surface area (Å²) >= 11 is 5.00. The van der Waals surface area contributed by atoms with Crippen LogP contribution in [0.15, 0.2) is 22.7 Å². The van der Waals surface area contributed by atoms with Gasteiger partial charge in [-0.05, 0) is 71.8 Å². The molecule has 1 fully saturated rings. The first-order chi connectivity index (χ1) is 14.5. The minimum absolute atomic E-state index is 0.00445. The summed E-state index contributed by atoms with van der Waals surface area (Å²) in [6.07, 6.45) is 4.05. The average Bonchev–Trinajstić information content (AvgIpc) is 3.11. The summed E-state index contributed by atoms with van der Waals surface area (Å²) in [5, 5.41) is 3.60. The van der Waals surface area contributed by atoms with Gasteiger partial charge >= 0.3 is 0 Å². The van der Waals surface area contributed by atoms with E-state index in [2.05, 4.69) is 21.2 Å². The molecule has 160 valence electrons. The van der Waals surface area contributed by atoms with E-state index in [4.69, 9.17) is 9.47 Å². The van der Waals surface area contributed by atoms with E-state index < -0.39 is 0 Å². The molecule has 4 rings (SSSR count). The highest BCUT2D eigenvalue weighted by atomic mass is 79.9. The Hall–Kier alpha value is -1.90. The number of nitrogens with one attached hydrogen (secondary N) is 1. The van der Waals surface area contributed by atoms with Crippen molar-refractivity contribution in [3.63, 3.8) is 0 Å². The number of rotatable bonds is 5. The topological polar surface area (TPSA) is 67.9 Å². The molecule has 1 aliphatic heterocycles. The van der Waals surface area contributed by atoms with Gasteiger partial charge in [0.1, 0.15) is 10.8 Å². The number of morpholine rings is 1. The highest BCUT2D eigenvalue weighted by molar-refractivity contribution is 9.10. The molecular weight excluding hydrogens is 468 g/mol. The maximum Gasteiger partial charge on any atom is 0.262 e. The number of benzene rings is 1. The summed E-state index contributed by atoms with van der Waals surface area (Å²) in [6.45, 7) is 4.16. The van der Waals surface area contributed by atoms with Crippen molar-refractivity contribution < 1.29 is 19.1 Å². The van der Waals surface area contributed by atoms with Gasteiger partial charge in [0.05, 0.1) is 23.2 Å². The van der Waals surface area contributed by atoms with Crippen molar-refractivity contribution in [2.45, 2.75) is 32.6 Å². The van der Waals surface area contributed by atoms with Crippen molar-refractivity contribution in [2.24, 2.45) is 0 Å². The zero-order valence-corrected chi connectivity index (χ0v) is 19.4. The summed E-state index contributed by atoms with van der Waals surface area (Å²) in [4.78, 5) is 29.0. The van der Waals surface area contributed by atoms with Gasteiger partial charge in [0, 0.05) is 18.0 Å². The van der Waals surface area contributed by atoms with Crippen molar-refractivity contribution in [1.29, 1.82) is 0 Å². The first-order valence-electron chi connectivity index (χ1n) is 10.2. The van der Waals surface area contributed by atoms with Gasteiger partial charge in [0.25, 0.3) is 11.8 Å². The summed E-state index contributed by atoms with van der Waals surface area (Å²) in [5.41, 5.74) is 2.89. The van der Waals surface area contributed by atoms with E-state index in [0.717, 1.165) is 41.3 Å². The maximum absolute atomic E-state index is 13.3. The number of nitrogens with zero attached hydrogens (tertiary/aromatic N) is 1. The summed E-state index contributed by atoms with van der Waals surface area (Å²) < 4.78 is 11.9. The normalized spacial score (nSPS) is 16.1. The molecule has 2 heterocycles. The summed E-state index contributed by atoms with van der Waals surface area (Å²) in [7, 11) is 0. The van der Waals surface area contributed by atoms with Crippen LogP contribution in [0.2, 0.25) is 0 Å². The lowest BCUT2D eigenvalue weighted by molar-refractivity contribution is -0.118. The third kappa shape index (κ3) is 4.71. The molecule has 0 radical (unpaired) electrons. The number of ether oxygens (including phenoxy) is 2. The molecule has 8 heteroatoms. The lowest BCUT2D eigenvalue weighted by Gasteiger charge is -2.27. The Labute approximate surface area is 188 Å². The Bertz CT molecular complexity index is 953. The maximum atomic E-state index is 13.3. The van der Waals surface area contributed by atoms with Gasteiger partial charge in [-0.1, -0.05) is 6.07 Å². The second kappa shape index (κ2) is 9.49. The second-order valence-electron chi connectivity index (χ2n) is 7.59. The third-order valence-corrected chi connectivity index (χ3v) is 7.21. The lowest BCUT2D eigenvalue weighted by Crippen LogP contribution is -2.41. The number of halogens is 1. The number of hydrogen-bond acceptors (Lipinski definition) is 5. The quantitative estimate of drug-likeness (QED) is 0.679. The van der Waals surface area contributed by atoms with E-state index in [1.807, 2.05) is 30.0 Å². The molecule has 0 atom stereocenters. The monoisotopic (exact) mass is 492 g/mol. The molecule has 2 amide bonds. The Morgan fingerprint density at radius 1 is 1.23 bits per heavy atom. The zero-order valence-electron chi connectivity index (χ0n) is 17.0. The Morgan fingerprint density at radius 3 is 2.77 bits per heavy atom. The molecule has 6 nitrogen and oxygen atoms in total. The number of hydrogen-bond donors (Lipinski definition) is 1. The van der Waals surface area contributed by atoms with Crippen LogP contribution in [0.1, 0.15) is 39.2 Å². The SMILES string of the molecule is Cc1ccc(OCC(=O)Nc2sc3c(c2C(=O)N2CCOCC2)CCCC3)c(Br)c1. The fourth-order valence-corrected chi connectivity index (χ4v) is 5.74. The van der Waals surface area contributed by atoms with Crippen LogP contribution in [0.4, 0.5) is 5.00 Å². The van der Waals surface area contributed by atoms with E-state index in [1.165, 1.54) is 16.2 Å². The molecule has 1 aromatic carbocycles. The highest BCUT2D eigenvalue weighted by Crippen LogP contribution is 2.39. The molecule has 1 aliphatic carbocycles. The number of thiophene rings is 1. The number of carbonyl (C=O) groups is 2. The standard InChI is InChI=1S/C22H25BrN2O4S/c1-14-6-7-17(16(23)12-14)29-13-19(26)24-21-20(15-4-2-3-5-18(15)30-21)22(27)25-8-10-28-11-9-25/h6-7,12H,2-5,8-11,13H2,1H3,(H,24,26). The van der Waals surface area contributed by atoms with Crippen LogP contribution in [0.5, 0.6) is 5.75 Å². The average molecular weight is 493 g/mol. The molecule has 0 unspecified atom stereocenters. The van der Waals surface area contributed by atoms with E-state index in [9.17, 15) is 9.59 Å². The molecular formula is C22H25BrN2O4S. The lowest BCUT2D eigenvalue weighted by atomic mass is 9.95. The molecule has 0 spiro atoms. The van der Waals surface area contributed by atoms with Crippen LogP contribution in [-0.2, 0) is 22.4 Å². The predicted octanol–water partition coefficient (Wildman–Crippen LogP) is 4.19. The highest BCUT2D eigenvalue weighted by Gasteiger charge is 2.30. The van der Waals surface area contributed by atoms with Gasteiger partial charge in [0.2, 0.25) is 0 Å². The number of amides is 2. The van der Waals surface area contributed by atoms with Gasteiger partial charge < -0.3 is 19.7 Å². The van der Waals surface area contributed by atoms with Crippen molar-refractivity contribution in [3.05, 3.63) is 44.2 Å². The Balaban J connectivity index is 1.50. The van der Waals surface area contributed by atoms with E-state index in [-0.39, 0.29) is 18.4 Å². The fourth-order valence-electron chi connectivity index (χ4n) is 3.83. The molecule has 0 saturated carbocycles. The van der Waals surface area contributed by atoms with E-state index in [0.29, 0.717) is 42.6 Å². The summed E-state index contributed by atoms with van der Waals surface area (Å²) in [5.74, 6) is 0.345. The number of fused-ring (bicyclic) bond motifs is 1. The fraction of sp³-hybridized carbons (Fsp3) is 0.455. The van der Waals surface area contributed by atoms with Crippen molar-refractivity contribution in [1.82, 2.24) is 4.90 Å². The Morgan fingerprint density at radius 2 is 2.00 bits per heavy atom. The summed E-state index contributed by atoms with van der Waals surface area (Å²) in [6, 6.07) is 5.72. The molecule has 1 aromatic heterocycles. The minimum Gasteiger partial charge on any atom is -0.483 e. The van der Waals surface area contributed by atoms with Gasteiger partial charge in [-0.15, -0.1) is 11.3 Å². The Kier molecular flexibility index (Phi) is 6.75. The molecule has 0 bridgehead atoms. The molecule has 1 saturated heterocycles. The first kappa shape index (κ1) is 21.3. The van der Waals surface area contributed by atoms with Gasteiger partial charge in [-0.25, -0.2) is 0 Å². The van der Waals surface area contributed by atoms with Gasteiger partial charge in [-0.2, -0.15) is 0 Å². The van der Waals surface area contributed by atoms with Crippen LogP contribution >= 0.6 is 27.3 Å². The van der Waals surface area contributed by atoms with Gasteiger partial charge in [-0.3, -0.25) is 9.59 Å². The van der Waals surface area contributed by atoms with E-state index in [1.54, 1.807) is 0 Å². The number of carbonyl (C=O) groups excluding carboxylic acids is 2. The van der Waals surface area contributed by atoms with Crippen LogP contribution in [-0.4, -0.2) is 49.6 Å². The van der Waals surface area contributed by atoms with Crippen LogP contribution in [0, 0.1) is 6.92 Å².